The second-order valence-electron chi connectivity index (χ2n) is 5.03. The second kappa shape index (κ2) is 12.7. The number of nitrogens with two attached hydrogens (primary N) is 2. The average molecular weight is 578 g/mol. The predicted molar refractivity (Wildman–Crippen MR) is 124 cm³/mol. The molecule has 0 saturated heterocycles. The van der Waals surface area contributed by atoms with E-state index in [0.29, 0.717) is 20.9 Å². The van der Waals surface area contributed by atoms with Crippen molar-refractivity contribution in [2.45, 2.75) is 21.3 Å². The molecule has 0 aromatic heterocycles. The van der Waals surface area contributed by atoms with E-state index in [0.717, 1.165) is 47.4 Å². The molecule has 0 fully saturated rings. The highest BCUT2D eigenvalue weighted by atomic mass is 79.9. The fourth-order valence-electron chi connectivity index (χ4n) is 1.97. The van der Waals surface area contributed by atoms with Gasteiger partial charge in [0.1, 0.15) is 5.82 Å². The predicted octanol–water partition coefficient (Wildman–Crippen LogP) is 5.66. The molecule has 6 N–H and O–H groups in total. The molecule has 12 heteroatoms. The van der Waals surface area contributed by atoms with E-state index in [1.165, 1.54) is 12.1 Å². The number of hydrogen-bond acceptors (Lipinski definition) is 5. The molecule has 0 radical (unpaired) electrons. The van der Waals surface area contributed by atoms with Crippen LogP contribution in [0.4, 0.5) is 13.2 Å². The molecule has 2 aromatic rings. The van der Waals surface area contributed by atoms with Crippen LogP contribution in [0.3, 0.4) is 0 Å². The van der Waals surface area contributed by atoms with E-state index in [2.05, 4.69) is 0 Å². The monoisotopic (exact) mass is 576 g/mol. The van der Waals surface area contributed by atoms with Gasteiger partial charge in [-0.1, -0.05) is 35.3 Å². The minimum absolute atomic E-state index is 0. The molecule has 0 unspecified atom stereocenters. The largest absolute Gasteiger partial charge is 0.379 e. The normalized spacial score (nSPS) is 9.96. The maximum atomic E-state index is 13.7. The fourth-order valence-corrected chi connectivity index (χ4v) is 4.31. The van der Waals surface area contributed by atoms with E-state index >= 15 is 0 Å². The summed E-state index contributed by atoms with van der Waals surface area (Å²) in [7, 11) is 0. The highest BCUT2D eigenvalue weighted by molar-refractivity contribution is 8.93. The van der Waals surface area contributed by atoms with Crippen LogP contribution < -0.4 is 11.5 Å². The van der Waals surface area contributed by atoms with Gasteiger partial charge in [-0.2, -0.15) is 0 Å². The number of nitrogens with one attached hydrogen (secondary N) is 2. The van der Waals surface area contributed by atoms with E-state index in [9.17, 15) is 13.2 Å². The first kappa shape index (κ1) is 27.2. The van der Waals surface area contributed by atoms with Crippen molar-refractivity contribution in [3.8, 4) is 0 Å². The molecule has 0 aliphatic carbocycles. The molecule has 0 heterocycles. The smallest absolute Gasteiger partial charge is 0.159 e. The molecular formula is C16H17Br2F3N4S3. The van der Waals surface area contributed by atoms with Crippen LogP contribution >= 0.6 is 69.2 Å². The van der Waals surface area contributed by atoms with Crippen LogP contribution in [0.5, 0.6) is 0 Å². The molecule has 28 heavy (non-hydrogen) atoms. The third kappa shape index (κ3) is 8.27. The summed E-state index contributed by atoms with van der Waals surface area (Å²) in [6.07, 6.45) is 0. The minimum Gasteiger partial charge on any atom is -0.379 e. The summed E-state index contributed by atoms with van der Waals surface area (Å²) < 4.78 is 40.9. The first-order valence-corrected chi connectivity index (χ1v) is 9.93. The molecule has 0 bridgehead atoms. The van der Waals surface area contributed by atoms with Crippen molar-refractivity contribution in [2.75, 3.05) is 0 Å². The van der Waals surface area contributed by atoms with E-state index in [4.69, 9.17) is 22.3 Å². The van der Waals surface area contributed by atoms with Crippen LogP contribution in [0.25, 0.3) is 0 Å². The summed E-state index contributed by atoms with van der Waals surface area (Å²) in [5.41, 5.74) is 11.7. The van der Waals surface area contributed by atoms with Gasteiger partial charge in [-0.3, -0.25) is 10.8 Å². The summed E-state index contributed by atoms with van der Waals surface area (Å²) in [5.74, 6) is -1.94. The number of hydrogen-bond donors (Lipinski definition) is 4. The topological polar surface area (TPSA) is 99.7 Å². The molecule has 0 amide bonds. The molecule has 2 aromatic carbocycles. The summed E-state index contributed by atoms with van der Waals surface area (Å²) in [6.45, 7) is 0. The summed E-state index contributed by atoms with van der Waals surface area (Å²) in [6, 6.07) is 6.28. The van der Waals surface area contributed by atoms with Gasteiger partial charge in [-0.05, 0) is 41.5 Å². The highest BCUT2D eigenvalue weighted by Crippen LogP contribution is 2.37. The molecule has 2 rings (SSSR count). The van der Waals surface area contributed by atoms with Gasteiger partial charge in [0.25, 0.3) is 0 Å². The highest BCUT2D eigenvalue weighted by Gasteiger charge is 2.14. The third-order valence-corrected chi connectivity index (χ3v) is 5.86. The van der Waals surface area contributed by atoms with Gasteiger partial charge < -0.3 is 11.5 Å². The molecule has 0 aliphatic rings. The Hall–Kier alpha value is -0.820. The van der Waals surface area contributed by atoms with Crippen molar-refractivity contribution < 1.29 is 13.2 Å². The van der Waals surface area contributed by atoms with Crippen LogP contribution in [0.15, 0.2) is 40.1 Å². The van der Waals surface area contributed by atoms with Gasteiger partial charge in [0, 0.05) is 21.3 Å². The first-order valence-electron chi connectivity index (χ1n) is 7.14. The van der Waals surface area contributed by atoms with Crippen LogP contribution in [-0.4, -0.2) is 10.3 Å². The Morgan fingerprint density at radius 2 is 1.29 bits per heavy atom. The maximum Gasteiger partial charge on any atom is 0.159 e. The Kier molecular flexibility index (Phi) is 12.3. The number of benzene rings is 2. The van der Waals surface area contributed by atoms with Crippen molar-refractivity contribution in [1.82, 2.24) is 0 Å². The lowest BCUT2D eigenvalue weighted by atomic mass is 10.2. The Morgan fingerprint density at radius 1 is 0.786 bits per heavy atom. The zero-order valence-electron chi connectivity index (χ0n) is 14.1. The molecule has 0 aliphatic heterocycles. The van der Waals surface area contributed by atoms with Crippen molar-refractivity contribution in [2.24, 2.45) is 11.5 Å². The van der Waals surface area contributed by atoms with Crippen LogP contribution in [-0.2, 0) is 11.5 Å². The summed E-state index contributed by atoms with van der Waals surface area (Å²) >= 11 is 3.19. The van der Waals surface area contributed by atoms with Crippen LogP contribution in [0, 0.1) is 28.3 Å². The van der Waals surface area contributed by atoms with Gasteiger partial charge in [-0.25, -0.2) is 13.2 Å². The zero-order valence-corrected chi connectivity index (χ0v) is 20.0. The Labute approximate surface area is 194 Å². The quantitative estimate of drug-likeness (QED) is 0.262. The van der Waals surface area contributed by atoms with Crippen LogP contribution in [0.1, 0.15) is 11.1 Å². The molecule has 154 valence electrons. The van der Waals surface area contributed by atoms with E-state index in [-0.39, 0.29) is 55.8 Å². The Bertz CT molecular complexity index is 856. The molecule has 0 spiro atoms. The van der Waals surface area contributed by atoms with E-state index in [1.807, 2.05) is 0 Å². The zero-order chi connectivity index (χ0) is 19.3. The van der Waals surface area contributed by atoms with E-state index < -0.39 is 17.5 Å². The first-order chi connectivity index (χ1) is 12.3. The molecule has 4 nitrogen and oxygen atoms in total. The van der Waals surface area contributed by atoms with Crippen molar-refractivity contribution in [3.63, 3.8) is 0 Å². The molecular weight excluding hydrogens is 561 g/mol. The Balaban J connectivity index is 0.00000364. The third-order valence-electron chi connectivity index (χ3n) is 3.11. The van der Waals surface area contributed by atoms with Gasteiger partial charge in [0.2, 0.25) is 0 Å². The summed E-state index contributed by atoms with van der Waals surface area (Å²) in [5, 5.41) is 14.3. The SMILES string of the molecule is Br.Br.N=C(N)SCc1cc(F)ccc1Sc1cc(F)c(F)cc1CSC(=N)N. The lowest BCUT2D eigenvalue weighted by Crippen LogP contribution is -2.05. The van der Waals surface area contributed by atoms with E-state index in [1.54, 1.807) is 6.07 Å². The fraction of sp³-hybridized carbons (Fsp3) is 0.125. The average Bonchev–Trinajstić information content (AvgIpc) is 2.56. The standard InChI is InChI=1S/C16H15F3N4S3.2BrH/c17-10-1-2-13(8(3-10)6-24-15(20)21)26-14-5-12(19)11(18)4-9(14)7-25-16(22)23;;/h1-5H,6-7H2,(H3,20,21)(H3,22,23);2*1H. The number of thioether (sulfide) groups is 2. The second-order valence-corrected chi connectivity index (χ2v) is 8.15. The van der Waals surface area contributed by atoms with Crippen molar-refractivity contribution in [3.05, 3.63) is 58.9 Å². The minimum atomic E-state index is -0.995. The van der Waals surface area contributed by atoms with Crippen molar-refractivity contribution in [1.29, 1.82) is 10.8 Å². The van der Waals surface area contributed by atoms with Gasteiger partial charge in [-0.15, -0.1) is 34.0 Å². The lowest BCUT2D eigenvalue weighted by Gasteiger charge is -2.13. The summed E-state index contributed by atoms with van der Waals surface area (Å²) in [4.78, 5) is 1.08. The van der Waals surface area contributed by atoms with Gasteiger partial charge >= 0.3 is 0 Å². The number of halogens is 5. The number of amidine groups is 2. The lowest BCUT2D eigenvalue weighted by molar-refractivity contribution is 0.504. The van der Waals surface area contributed by atoms with Gasteiger partial charge in [0.15, 0.2) is 22.0 Å². The molecule has 0 atom stereocenters. The molecule has 0 saturated carbocycles. The Morgan fingerprint density at radius 3 is 1.82 bits per heavy atom. The number of rotatable bonds is 6. The van der Waals surface area contributed by atoms with Crippen LogP contribution in [0.2, 0.25) is 0 Å². The van der Waals surface area contributed by atoms with Gasteiger partial charge in [0.05, 0.1) is 0 Å². The maximum absolute atomic E-state index is 13.7. The van der Waals surface area contributed by atoms with Crippen molar-refractivity contribution >= 4 is 79.6 Å².